The van der Waals surface area contributed by atoms with E-state index >= 15 is 0 Å². The number of hydrogen-bond acceptors (Lipinski definition) is 2. The molecule has 0 bridgehead atoms. The van der Waals surface area contributed by atoms with Gasteiger partial charge >= 0.3 is 0 Å². The molecule has 2 heterocycles. The number of ether oxygens (including phenoxy) is 1. The van der Waals surface area contributed by atoms with Gasteiger partial charge in [-0.1, -0.05) is 6.07 Å². The van der Waals surface area contributed by atoms with Crippen molar-refractivity contribution in [3.8, 4) is 0 Å². The second kappa shape index (κ2) is 4.51. The number of hydrogen-bond donors (Lipinski definition) is 2. The minimum absolute atomic E-state index is 0.459. The van der Waals surface area contributed by atoms with Crippen LogP contribution >= 0.6 is 0 Å². The lowest BCUT2D eigenvalue weighted by atomic mass is 10.0. The van der Waals surface area contributed by atoms with Crippen molar-refractivity contribution in [1.29, 1.82) is 0 Å². The molecule has 0 amide bonds. The van der Waals surface area contributed by atoms with Gasteiger partial charge in [-0.2, -0.15) is 0 Å². The fourth-order valence-electron chi connectivity index (χ4n) is 2.49. The maximum Gasteiger partial charge on any atom is 0.0623 e. The highest BCUT2D eigenvalue weighted by Crippen LogP contribution is 2.18. The van der Waals surface area contributed by atoms with Gasteiger partial charge in [0.25, 0.3) is 0 Å². The summed E-state index contributed by atoms with van der Waals surface area (Å²) >= 11 is 0. The third kappa shape index (κ3) is 2.35. The summed E-state index contributed by atoms with van der Waals surface area (Å²) in [5.41, 5.74) is 3.81. The minimum Gasteiger partial charge on any atom is -0.379 e. The van der Waals surface area contributed by atoms with Crippen molar-refractivity contribution in [1.82, 2.24) is 10.3 Å². The van der Waals surface area contributed by atoms with Crippen molar-refractivity contribution in [3.05, 3.63) is 35.5 Å². The number of fused-ring (bicyclic) bond motifs is 1. The van der Waals surface area contributed by atoms with Gasteiger partial charge in [-0.25, -0.2) is 0 Å². The van der Waals surface area contributed by atoms with Crippen LogP contribution in [0.5, 0.6) is 0 Å². The van der Waals surface area contributed by atoms with Gasteiger partial charge in [0.15, 0.2) is 0 Å². The Morgan fingerprint density at radius 3 is 3.12 bits per heavy atom. The van der Waals surface area contributed by atoms with Crippen LogP contribution < -0.4 is 5.32 Å². The smallest absolute Gasteiger partial charge is 0.0623 e. The molecule has 0 saturated carbocycles. The molecule has 2 aromatic rings. The summed E-state index contributed by atoms with van der Waals surface area (Å²) in [6, 6.07) is 9.30. The van der Waals surface area contributed by atoms with Gasteiger partial charge in [0.05, 0.1) is 13.2 Å². The Hall–Kier alpha value is -1.32. The Kier molecular flexibility index (Phi) is 2.87. The van der Waals surface area contributed by atoms with Crippen molar-refractivity contribution in [3.63, 3.8) is 0 Å². The van der Waals surface area contributed by atoms with Gasteiger partial charge in [-0.3, -0.25) is 0 Å². The average molecular weight is 230 g/mol. The highest BCUT2D eigenvalue weighted by molar-refractivity contribution is 5.81. The molecule has 0 radical (unpaired) electrons. The van der Waals surface area contributed by atoms with Gasteiger partial charge < -0.3 is 15.0 Å². The molecule has 90 valence electrons. The Morgan fingerprint density at radius 1 is 1.35 bits per heavy atom. The molecule has 0 aliphatic carbocycles. The lowest BCUT2D eigenvalue weighted by molar-refractivity contribution is 0.0770. The summed E-state index contributed by atoms with van der Waals surface area (Å²) in [7, 11) is 0. The van der Waals surface area contributed by atoms with Crippen molar-refractivity contribution in [2.24, 2.45) is 0 Å². The first-order chi connectivity index (χ1) is 8.31. The Balaban J connectivity index is 1.79. The van der Waals surface area contributed by atoms with E-state index in [4.69, 9.17) is 4.74 Å². The molecule has 1 unspecified atom stereocenters. The number of morpholine rings is 1. The normalized spacial score (nSPS) is 20.9. The van der Waals surface area contributed by atoms with Gasteiger partial charge in [0, 0.05) is 23.8 Å². The molecular weight excluding hydrogens is 212 g/mol. The van der Waals surface area contributed by atoms with Crippen molar-refractivity contribution < 1.29 is 4.74 Å². The molecule has 1 aromatic heterocycles. The zero-order chi connectivity index (χ0) is 11.7. The zero-order valence-corrected chi connectivity index (χ0v) is 10.1. The fourth-order valence-corrected chi connectivity index (χ4v) is 2.49. The molecule has 1 saturated heterocycles. The first-order valence-corrected chi connectivity index (χ1v) is 6.21. The fraction of sp³-hybridized carbons (Fsp3) is 0.429. The van der Waals surface area contributed by atoms with Crippen LogP contribution in [-0.4, -0.2) is 30.8 Å². The average Bonchev–Trinajstić information content (AvgIpc) is 2.70. The number of H-pyrrole nitrogens is 1. The summed E-state index contributed by atoms with van der Waals surface area (Å²) in [5.74, 6) is 0. The van der Waals surface area contributed by atoms with Crippen LogP contribution in [0.3, 0.4) is 0 Å². The van der Waals surface area contributed by atoms with Crippen LogP contribution in [-0.2, 0) is 11.2 Å². The van der Waals surface area contributed by atoms with Crippen molar-refractivity contribution >= 4 is 10.9 Å². The molecule has 1 atom stereocenters. The largest absolute Gasteiger partial charge is 0.379 e. The van der Waals surface area contributed by atoms with E-state index in [1.165, 1.54) is 22.2 Å². The van der Waals surface area contributed by atoms with Crippen LogP contribution in [0.15, 0.2) is 24.3 Å². The molecule has 17 heavy (non-hydrogen) atoms. The maximum absolute atomic E-state index is 5.48. The number of benzene rings is 1. The number of rotatable bonds is 2. The summed E-state index contributed by atoms with van der Waals surface area (Å²) in [6.45, 7) is 4.73. The van der Waals surface area contributed by atoms with E-state index in [2.05, 4.69) is 41.5 Å². The first kappa shape index (κ1) is 10.8. The summed E-state index contributed by atoms with van der Waals surface area (Å²) in [4.78, 5) is 3.35. The quantitative estimate of drug-likeness (QED) is 0.828. The van der Waals surface area contributed by atoms with Crippen LogP contribution in [0.2, 0.25) is 0 Å². The third-order valence-corrected chi connectivity index (χ3v) is 3.30. The van der Waals surface area contributed by atoms with E-state index in [1.54, 1.807) is 0 Å². The second-order valence-corrected chi connectivity index (χ2v) is 4.80. The van der Waals surface area contributed by atoms with E-state index in [-0.39, 0.29) is 0 Å². The van der Waals surface area contributed by atoms with Gasteiger partial charge in [-0.05, 0) is 42.5 Å². The zero-order valence-electron chi connectivity index (χ0n) is 10.1. The number of nitrogens with one attached hydrogen (secondary N) is 2. The molecule has 1 aliphatic rings. The molecule has 1 aliphatic heterocycles. The monoisotopic (exact) mass is 230 g/mol. The van der Waals surface area contributed by atoms with Crippen LogP contribution in [0.4, 0.5) is 0 Å². The van der Waals surface area contributed by atoms with E-state index in [0.29, 0.717) is 6.04 Å². The minimum atomic E-state index is 0.459. The van der Waals surface area contributed by atoms with Crippen LogP contribution in [0.1, 0.15) is 11.3 Å². The second-order valence-electron chi connectivity index (χ2n) is 4.80. The number of aromatic amines is 1. The summed E-state index contributed by atoms with van der Waals surface area (Å²) < 4.78 is 5.48. The molecule has 0 spiro atoms. The SMILES string of the molecule is Cc1cc2cc(CC3COCCN3)ccc2[nH]1. The highest BCUT2D eigenvalue weighted by Gasteiger charge is 2.13. The molecule has 3 heteroatoms. The van der Waals surface area contributed by atoms with Gasteiger partial charge in [-0.15, -0.1) is 0 Å². The number of aromatic nitrogens is 1. The highest BCUT2D eigenvalue weighted by atomic mass is 16.5. The van der Waals surface area contributed by atoms with Crippen LogP contribution in [0.25, 0.3) is 10.9 Å². The molecule has 3 nitrogen and oxygen atoms in total. The molecule has 1 aromatic carbocycles. The summed E-state index contributed by atoms with van der Waals surface area (Å²) in [6.07, 6.45) is 1.04. The van der Waals surface area contributed by atoms with E-state index in [0.717, 1.165) is 26.2 Å². The Morgan fingerprint density at radius 2 is 2.29 bits per heavy atom. The number of aryl methyl sites for hydroxylation is 1. The van der Waals surface area contributed by atoms with Crippen LogP contribution in [0, 0.1) is 6.92 Å². The standard InChI is InChI=1S/C14H18N2O/c1-10-6-12-7-11(2-3-14(12)16-10)8-13-9-17-5-4-15-13/h2-3,6-7,13,15-16H,4-5,8-9H2,1H3. The molecule has 2 N–H and O–H groups in total. The van der Waals surface area contributed by atoms with Crippen molar-refractivity contribution in [2.75, 3.05) is 19.8 Å². The first-order valence-electron chi connectivity index (χ1n) is 6.21. The Labute approximate surface area is 101 Å². The lowest BCUT2D eigenvalue weighted by Gasteiger charge is -2.23. The third-order valence-electron chi connectivity index (χ3n) is 3.30. The summed E-state index contributed by atoms with van der Waals surface area (Å²) in [5, 5.41) is 4.79. The predicted molar refractivity (Wildman–Crippen MR) is 69.3 cm³/mol. The lowest BCUT2D eigenvalue weighted by Crippen LogP contribution is -2.42. The molecule has 1 fully saturated rings. The van der Waals surface area contributed by atoms with E-state index in [9.17, 15) is 0 Å². The van der Waals surface area contributed by atoms with Crippen molar-refractivity contribution in [2.45, 2.75) is 19.4 Å². The van der Waals surface area contributed by atoms with E-state index in [1.807, 2.05) is 0 Å². The topological polar surface area (TPSA) is 37.0 Å². The molecular formula is C14H18N2O. The molecule has 3 rings (SSSR count). The van der Waals surface area contributed by atoms with Gasteiger partial charge in [0.2, 0.25) is 0 Å². The Bertz CT molecular complexity index is 512. The maximum atomic E-state index is 5.48. The van der Waals surface area contributed by atoms with Gasteiger partial charge in [0.1, 0.15) is 0 Å². The van der Waals surface area contributed by atoms with E-state index < -0.39 is 0 Å². The predicted octanol–water partition coefficient (Wildman–Crippen LogP) is 2.01.